The van der Waals surface area contributed by atoms with Crippen LogP contribution in [0.15, 0.2) is 41.2 Å². The fourth-order valence-electron chi connectivity index (χ4n) is 2.28. The molecule has 0 spiro atoms. The van der Waals surface area contributed by atoms with Crippen molar-refractivity contribution < 1.29 is 9.53 Å². The summed E-state index contributed by atoms with van der Waals surface area (Å²) in [6.45, 7) is 2.61. The van der Waals surface area contributed by atoms with Crippen molar-refractivity contribution in [3.05, 3.63) is 63.0 Å². The zero-order chi connectivity index (χ0) is 17.5. The second-order valence-electron chi connectivity index (χ2n) is 5.26. The van der Waals surface area contributed by atoms with Crippen molar-refractivity contribution in [3.8, 4) is 0 Å². The summed E-state index contributed by atoms with van der Waals surface area (Å²) in [4.78, 5) is 24.2. The van der Waals surface area contributed by atoms with Crippen molar-refractivity contribution in [3.63, 3.8) is 0 Å². The maximum absolute atomic E-state index is 12.5. The molecule has 1 atom stereocenters. The number of aromatic nitrogens is 2. The van der Waals surface area contributed by atoms with Crippen LogP contribution in [0.25, 0.3) is 0 Å². The molecule has 6 nitrogen and oxygen atoms in total. The van der Waals surface area contributed by atoms with E-state index in [4.69, 9.17) is 16.3 Å². The number of amides is 1. The number of halogens is 1. The zero-order valence-electron chi connectivity index (χ0n) is 13.7. The van der Waals surface area contributed by atoms with Crippen molar-refractivity contribution in [1.29, 1.82) is 0 Å². The SMILES string of the molecule is CCC(NC(=O)c1ccc(=O)n(CCOC)n1)c1cccc(Cl)c1. The van der Waals surface area contributed by atoms with Crippen molar-refractivity contribution in [1.82, 2.24) is 15.1 Å². The van der Waals surface area contributed by atoms with Crippen LogP contribution >= 0.6 is 11.6 Å². The third-order valence-electron chi connectivity index (χ3n) is 3.57. The number of methoxy groups -OCH3 is 1. The van der Waals surface area contributed by atoms with Gasteiger partial charge >= 0.3 is 0 Å². The van der Waals surface area contributed by atoms with Crippen molar-refractivity contribution in [2.75, 3.05) is 13.7 Å². The number of nitrogens with one attached hydrogen (secondary N) is 1. The summed E-state index contributed by atoms with van der Waals surface area (Å²) in [7, 11) is 1.54. The lowest BCUT2D eigenvalue weighted by Crippen LogP contribution is -2.32. The minimum atomic E-state index is -0.340. The Kier molecular flexibility index (Phi) is 6.52. The molecule has 1 aromatic carbocycles. The van der Waals surface area contributed by atoms with Gasteiger partial charge in [-0.3, -0.25) is 9.59 Å². The smallest absolute Gasteiger partial charge is 0.272 e. The summed E-state index contributed by atoms with van der Waals surface area (Å²) in [5.74, 6) is -0.340. The first-order valence-corrected chi connectivity index (χ1v) is 8.06. The first-order valence-electron chi connectivity index (χ1n) is 7.68. The average molecular weight is 350 g/mol. The molecule has 0 aliphatic rings. The summed E-state index contributed by atoms with van der Waals surface area (Å²) in [5.41, 5.74) is 0.836. The Morgan fingerprint density at radius 3 is 2.83 bits per heavy atom. The highest BCUT2D eigenvalue weighted by molar-refractivity contribution is 6.30. The molecule has 2 aromatic rings. The molecule has 1 amide bonds. The Morgan fingerprint density at radius 1 is 1.38 bits per heavy atom. The van der Waals surface area contributed by atoms with Crippen molar-refractivity contribution in [2.45, 2.75) is 25.9 Å². The molecule has 2 rings (SSSR count). The van der Waals surface area contributed by atoms with E-state index in [0.717, 1.165) is 5.56 Å². The third kappa shape index (κ3) is 4.66. The molecule has 128 valence electrons. The number of hydrogen-bond donors (Lipinski definition) is 1. The third-order valence-corrected chi connectivity index (χ3v) is 3.81. The molecular weight excluding hydrogens is 330 g/mol. The molecular formula is C17H20ClN3O3. The minimum absolute atomic E-state index is 0.183. The second kappa shape index (κ2) is 8.61. The predicted molar refractivity (Wildman–Crippen MR) is 92.3 cm³/mol. The first-order chi connectivity index (χ1) is 11.5. The Labute approximate surface area is 145 Å². The lowest BCUT2D eigenvalue weighted by molar-refractivity contribution is 0.0926. The van der Waals surface area contributed by atoms with Gasteiger partial charge in [-0.25, -0.2) is 4.68 Å². The van der Waals surface area contributed by atoms with Gasteiger partial charge in [0.25, 0.3) is 11.5 Å². The van der Waals surface area contributed by atoms with Gasteiger partial charge in [0, 0.05) is 18.2 Å². The molecule has 0 saturated carbocycles. The van der Waals surface area contributed by atoms with E-state index in [2.05, 4.69) is 10.4 Å². The predicted octanol–water partition coefficient (Wildman–Crippen LogP) is 2.42. The maximum Gasteiger partial charge on any atom is 0.272 e. The average Bonchev–Trinajstić information content (AvgIpc) is 2.58. The Morgan fingerprint density at radius 2 is 2.17 bits per heavy atom. The van der Waals surface area contributed by atoms with Crippen LogP contribution in [-0.4, -0.2) is 29.4 Å². The normalized spacial score (nSPS) is 12.0. The molecule has 7 heteroatoms. The summed E-state index contributed by atoms with van der Waals surface area (Å²) >= 11 is 6.01. The molecule has 1 heterocycles. The van der Waals surface area contributed by atoms with E-state index in [1.165, 1.54) is 16.8 Å². The standard InChI is InChI=1S/C17H20ClN3O3/c1-3-14(12-5-4-6-13(18)11-12)19-17(23)15-7-8-16(22)21(20-15)9-10-24-2/h4-8,11,14H,3,9-10H2,1-2H3,(H,19,23). The quantitative estimate of drug-likeness (QED) is 0.833. The monoisotopic (exact) mass is 349 g/mol. The molecule has 0 aliphatic heterocycles. The van der Waals surface area contributed by atoms with Crippen molar-refractivity contribution in [2.24, 2.45) is 0 Å². The molecule has 0 aliphatic carbocycles. The number of rotatable bonds is 7. The molecule has 0 saturated heterocycles. The van der Waals surface area contributed by atoms with E-state index in [-0.39, 0.29) is 23.2 Å². The number of carbonyl (C=O) groups is 1. The van der Waals surface area contributed by atoms with Crippen LogP contribution in [0.5, 0.6) is 0 Å². The Bertz CT molecular complexity index is 761. The van der Waals surface area contributed by atoms with Crippen LogP contribution in [-0.2, 0) is 11.3 Å². The van der Waals surface area contributed by atoms with Crippen LogP contribution in [0.2, 0.25) is 5.02 Å². The summed E-state index contributed by atoms with van der Waals surface area (Å²) in [6.07, 6.45) is 0.704. The lowest BCUT2D eigenvalue weighted by Gasteiger charge is -2.17. The highest BCUT2D eigenvalue weighted by Gasteiger charge is 2.16. The van der Waals surface area contributed by atoms with Gasteiger partial charge in [0.05, 0.1) is 19.2 Å². The van der Waals surface area contributed by atoms with Gasteiger partial charge in [-0.15, -0.1) is 0 Å². The van der Waals surface area contributed by atoms with Crippen LogP contribution in [0, 0.1) is 0 Å². The van der Waals surface area contributed by atoms with Crippen LogP contribution in [0.3, 0.4) is 0 Å². The topological polar surface area (TPSA) is 73.2 Å². The van der Waals surface area contributed by atoms with Crippen LogP contribution < -0.4 is 10.9 Å². The molecule has 1 N–H and O–H groups in total. The van der Waals surface area contributed by atoms with Gasteiger partial charge in [-0.2, -0.15) is 5.10 Å². The molecule has 0 radical (unpaired) electrons. The summed E-state index contributed by atoms with van der Waals surface area (Å²) in [5, 5.41) is 7.63. The molecule has 1 aromatic heterocycles. The maximum atomic E-state index is 12.5. The molecule has 24 heavy (non-hydrogen) atoms. The van der Waals surface area contributed by atoms with Gasteiger partial charge in [0.15, 0.2) is 0 Å². The zero-order valence-corrected chi connectivity index (χ0v) is 14.4. The van der Waals surface area contributed by atoms with E-state index in [9.17, 15) is 9.59 Å². The number of nitrogens with zero attached hydrogens (tertiary/aromatic N) is 2. The first kappa shape index (κ1) is 18.2. The summed E-state index contributed by atoms with van der Waals surface area (Å²) in [6, 6.07) is 9.93. The molecule has 0 fully saturated rings. The Hall–Kier alpha value is -2.18. The largest absolute Gasteiger partial charge is 0.383 e. The number of ether oxygens (including phenoxy) is 1. The van der Waals surface area contributed by atoms with Gasteiger partial charge in [-0.1, -0.05) is 30.7 Å². The van der Waals surface area contributed by atoms with Crippen molar-refractivity contribution >= 4 is 17.5 Å². The highest BCUT2D eigenvalue weighted by atomic mass is 35.5. The molecule has 0 bridgehead atoms. The second-order valence-corrected chi connectivity index (χ2v) is 5.70. The minimum Gasteiger partial charge on any atom is -0.383 e. The van der Waals surface area contributed by atoms with Crippen LogP contribution in [0.1, 0.15) is 35.4 Å². The Balaban J connectivity index is 2.17. The fraction of sp³-hybridized carbons (Fsp3) is 0.353. The number of hydrogen-bond acceptors (Lipinski definition) is 4. The van der Waals surface area contributed by atoms with E-state index in [1.54, 1.807) is 13.2 Å². The highest BCUT2D eigenvalue weighted by Crippen LogP contribution is 2.20. The van der Waals surface area contributed by atoms with Gasteiger partial charge < -0.3 is 10.1 Å². The van der Waals surface area contributed by atoms with Gasteiger partial charge in [-0.05, 0) is 30.2 Å². The fourth-order valence-corrected chi connectivity index (χ4v) is 2.48. The summed E-state index contributed by atoms with van der Waals surface area (Å²) < 4.78 is 6.16. The number of carbonyl (C=O) groups excluding carboxylic acids is 1. The van der Waals surface area contributed by atoms with E-state index < -0.39 is 0 Å². The van der Waals surface area contributed by atoms with E-state index >= 15 is 0 Å². The van der Waals surface area contributed by atoms with Gasteiger partial charge in [0.1, 0.15) is 5.69 Å². The lowest BCUT2D eigenvalue weighted by atomic mass is 10.0. The van der Waals surface area contributed by atoms with Gasteiger partial charge in [0.2, 0.25) is 0 Å². The van der Waals surface area contributed by atoms with Crippen LogP contribution in [0.4, 0.5) is 0 Å². The molecule has 1 unspecified atom stereocenters. The van der Waals surface area contributed by atoms with E-state index in [0.29, 0.717) is 24.6 Å². The number of benzene rings is 1. The van der Waals surface area contributed by atoms with E-state index in [1.807, 2.05) is 25.1 Å².